The molecule has 0 saturated heterocycles. The molecule has 6 nitrogen and oxygen atoms in total. The van der Waals surface area contributed by atoms with Gasteiger partial charge in [-0.15, -0.1) is 11.8 Å². The number of nitrogens with one attached hydrogen (secondary N) is 2. The first-order valence-electron chi connectivity index (χ1n) is 7.76. The number of hydrogen-bond donors (Lipinski definition) is 2. The van der Waals surface area contributed by atoms with Crippen LogP contribution in [0.3, 0.4) is 0 Å². The number of nitriles is 1. The number of pyridine rings is 1. The predicted molar refractivity (Wildman–Crippen MR) is 106 cm³/mol. The van der Waals surface area contributed by atoms with Crippen molar-refractivity contribution in [3.05, 3.63) is 69.0 Å². The minimum Gasteiger partial charge on any atom is -0.322 e. The van der Waals surface area contributed by atoms with Crippen LogP contribution in [0.4, 0.5) is 0 Å². The van der Waals surface area contributed by atoms with Crippen molar-refractivity contribution in [1.29, 1.82) is 5.26 Å². The summed E-state index contributed by atoms with van der Waals surface area (Å²) in [4.78, 5) is 15.0. The van der Waals surface area contributed by atoms with E-state index in [1.807, 2.05) is 22.9 Å². The van der Waals surface area contributed by atoms with Gasteiger partial charge in [0, 0.05) is 32.6 Å². The average Bonchev–Trinajstić information content (AvgIpc) is 2.61. The predicted octanol–water partition coefficient (Wildman–Crippen LogP) is 3.54. The zero-order chi connectivity index (χ0) is 19.6. The summed E-state index contributed by atoms with van der Waals surface area (Å²) in [5.41, 5.74) is 1.83. The van der Waals surface area contributed by atoms with Crippen LogP contribution >= 0.6 is 23.4 Å². The molecule has 0 aliphatic heterocycles. The van der Waals surface area contributed by atoms with E-state index < -0.39 is 10.0 Å². The summed E-state index contributed by atoms with van der Waals surface area (Å²) in [7, 11) is -3.99. The molecule has 0 atom stereocenters. The molecule has 138 valence electrons. The number of aryl methyl sites for hydroxylation is 1. The van der Waals surface area contributed by atoms with Gasteiger partial charge in [0.2, 0.25) is 5.56 Å². The lowest BCUT2D eigenvalue weighted by molar-refractivity contribution is 0.589. The molecule has 2 N–H and O–H groups in total. The lowest BCUT2D eigenvalue weighted by Crippen LogP contribution is -2.19. The van der Waals surface area contributed by atoms with Gasteiger partial charge in [0.1, 0.15) is 4.90 Å². The fourth-order valence-electron chi connectivity index (χ4n) is 2.63. The van der Waals surface area contributed by atoms with Crippen molar-refractivity contribution in [3.8, 4) is 6.19 Å². The van der Waals surface area contributed by atoms with Gasteiger partial charge in [0.25, 0.3) is 10.0 Å². The number of H-pyrrole nitrogens is 1. The zero-order valence-corrected chi connectivity index (χ0v) is 16.5. The monoisotopic (exact) mass is 419 g/mol. The van der Waals surface area contributed by atoms with Gasteiger partial charge in [0.15, 0.2) is 6.19 Å². The molecule has 0 amide bonds. The Morgan fingerprint density at radius 3 is 2.74 bits per heavy atom. The Hall–Kier alpha value is -2.47. The van der Waals surface area contributed by atoms with E-state index in [-0.39, 0.29) is 10.5 Å². The number of fused-ring (bicyclic) bond motifs is 1. The van der Waals surface area contributed by atoms with Crippen LogP contribution in [0.2, 0.25) is 5.02 Å². The van der Waals surface area contributed by atoms with Crippen molar-refractivity contribution in [2.24, 2.45) is 0 Å². The molecule has 9 heteroatoms. The third-order valence-corrected chi connectivity index (χ3v) is 6.83. The summed E-state index contributed by atoms with van der Waals surface area (Å²) < 4.78 is 26.5. The quantitative estimate of drug-likeness (QED) is 0.374. The fourth-order valence-corrected chi connectivity index (χ4v) is 5.20. The molecule has 2 aromatic carbocycles. The number of rotatable bonds is 5. The Labute approximate surface area is 165 Å². The van der Waals surface area contributed by atoms with E-state index in [4.69, 9.17) is 16.9 Å². The molecule has 1 aromatic heterocycles. The number of para-hydroxylation sites is 1. The first-order valence-corrected chi connectivity index (χ1v) is 10.6. The molecule has 27 heavy (non-hydrogen) atoms. The second-order valence-corrected chi connectivity index (χ2v) is 8.83. The van der Waals surface area contributed by atoms with E-state index in [1.165, 1.54) is 30.1 Å². The standard InChI is InChI=1S/C18H14ClN3O3S2/c1-11-6-17(27(24,25)21-10-20)16(8-14(11)19)26-9-12-7-18(23)22-15-5-3-2-4-13(12)15/h2-8,21H,9H2,1H3,(H,22,23). The number of sulfonamides is 1. The lowest BCUT2D eigenvalue weighted by Gasteiger charge is -2.12. The first-order chi connectivity index (χ1) is 12.8. The zero-order valence-electron chi connectivity index (χ0n) is 14.1. The highest BCUT2D eigenvalue weighted by molar-refractivity contribution is 7.99. The number of aromatic amines is 1. The van der Waals surface area contributed by atoms with E-state index in [0.29, 0.717) is 26.8 Å². The van der Waals surface area contributed by atoms with Crippen molar-refractivity contribution >= 4 is 44.3 Å². The van der Waals surface area contributed by atoms with Gasteiger partial charge >= 0.3 is 0 Å². The van der Waals surface area contributed by atoms with Crippen LogP contribution in [-0.2, 0) is 15.8 Å². The second kappa shape index (κ2) is 7.64. The minimum atomic E-state index is -3.99. The third kappa shape index (κ3) is 4.11. The van der Waals surface area contributed by atoms with Crippen LogP contribution in [0.5, 0.6) is 0 Å². The molecule has 0 aliphatic rings. The van der Waals surface area contributed by atoms with E-state index in [1.54, 1.807) is 19.1 Å². The van der Waals surface area contributed by atoms with Crippen LogP contribution < -0.4 is 10.3 Å². The number of hydrogen-bond acceptors (Lipinski definition) is 5. The normalized spacial score (nSPS) is 11.3. The van der Waals surface area contributed by atoms with Crippen LogP contribution in [-0.4, -0.2) is 13.4 Å². The highest BCUT2D eigenvalue weighted by Gasteiger charge is 2.20. The third-order valence-electron chi connectivity index (χ3n) is 3.91. The topological polar surface area (TPSA) is 103 Å². The summed E-state index contributed by atoms with van der Waals surface area (Å²) in [6.45, 7) is 1.69. The summed E-state index contributed by atoms with van der Waals surface area (Å²) in [5, 5.41) is 10.0. The molecular weight excluding hydrogens is 406 g/mol. The number of nitrogens with zero attached hydrogens (tertiary/aromatic N) is 1. The molecule has 3 rings (SSSR count). The van der Waals surface area contributed by atoms with Crippen molar-refractivity contribution in [2.45, 2.75) is 22.5 Å². The average molecular weight is 420 g/mol. The maximum absolute atomic E-state index is 12.3. The number of aromatic nitrogens is 1. The molecule has 0 aliphatic carbocycles. The van der Waals surface area contributed by atoms with Gasteiger partial charge < -0.3 is 4.98 Å². The highest BCUT2D eigenvalue weighted by Crippen LogP contribution is 2.34. The maximum atomic E-state index is 12.3. The van der Waals surface area contributed by atoms with Gasteiger partial charge in [0.05, 0.1) is 0 Å². The minimum absolute atomic E-state index is 0.0231. The molecule has 0 spiro atoms. The number of halogens is 1. The van der Waals surface area contributed by atoms with Crippen LogP contribution in [0.25, 0.3) is 10.9 Å². The van der Waals surface area contributed by atoms with E-state index in [9.17, 15) is 13.2 Å². The van der Waals surface area contributed by atoms with Gasteiger partial charge in [-0.1, -0.05) is 29.8 Å². The molecule has 0 unspecified atom stereocenters. The molecule has 0 radical (unpaired) electrons. The maximum Gasteiger partial charge on any atom is 0.271 e. The summed E-state index contributed by atoms with van der Waals surface area (Å²) in [6.07, 6.45) is 1.45. The molecule has 1 heterocycles. The molecule has 0 fully saturated rings. The molecular formula is C18H14ClN3O3S2. The van der Waals surface area contributed by atoms with E-state index in [2.05, 4.69) is 4.98 Å². The number of thioether (sulfide) groups is 1. The highest BCUT2D eigenvalue weighted by atomic mass is 35.5. The van der Waals surface area contributed by atoms with Gasteiger partial charge in [-0.05, 0) is 36.2 Å². The molecule has 0 bridgehead atoms. The summed E-state index contributed by atoms with van der Waals surface area (Å²) >= 11 is 7.40. The number of benzene rings is 2. The first kappa shape index (κ1) is 19.3. The SMILES string of the molecule is Cc1cc(S(=O)(=O)NC#N)c(SCc2cc(=O)[nH]c3ccccc23)cc1Cl. The van der Waals surface area contributed by atoms with Crippen LogP contribution in [0, 0.1) is 18.4 Å². The van der Waals surface area contributed by atoms with Crippen molar-refractivity contribution < 1.29 is 8.42 Å². The Balaban J connectivity index is 2.04. The second-order valence-electron chi connectivity index (χ2n) is 5.76. The van der Waals surface area contributed by atoms with Crippen LogP contribution in [0.1, 0.15) is 11.1 Å². The van der Waals surface area contributed by atoms with Gasteiger partial charge in [-0.3, -0.25) is 4.79 Å². The summed E-state index contributed by atoms with van der Waals surface area (Å²) in [6, 6.07) is 11.9. The fraction of sp³-hybridized carbons (Fsp3) is 0.111. The van der Waals surface area contributed by atoms with Gasteiger partial charge in [-0.25, -0.2) is 13.1 Å². The summed E-state index contributed by atoms with van der Waals surface area (Å²) in [5.74, 6) is 0.360. The lowest BCUT2D eigenvalue weighted by atomic mass is 10.1. The Kier molecular flexibility index (Phi) is 5.46. The van der Waals surface area contributed by atoms with Crippen molar-refractivity contribution in [3.63, 3.8) is 0 Å². The van der Waals surface area contributed by atoms with E-state index in [0.717, 1.165) is 10.9 Å². The van der Waals surface area contributed by atoms with Gasteiger partial charge in [-0.2, -0.15) is 5.26 Å². The van der Waals surface area contributed by atoms with Crippen molar-refractivity contribution in [2.75, 3.05) is 0 Å². The van der Waals surface area contributed by atoms with Crippen molar-refractivity contribution in [1.82, 2.24) is 9.71 Å². The van der Waals surface area contributed by atoms with E-state index >= 15 is 0 Å². The molecule has 0 saturated carbocycles. The Morgan fingerprint density at radius 1 is 1.26 bits per heavy atom. The van der Waals surface area contributed by atoms with Crippen LogP contribution in [0.15, 0.2) is 57.1 Å². The largest absolute Gasteiger partial charge is 0.322 e. The molecule has 3 aromatic rings. The Bertz CT molecular complexity index is 1230. The Morgan fingerprint density at radius 2 is 2.00 bits per heavy atom. The smallest absolute Gasteiger partial charge is 0.271 e.